The first-order valence-corrected chi connectivity index (χ1v) is 3.74. The third kappa shape index (κ3) is 1.98. The fourth-order valence-corrected chi connectivity index (χ4v) is 0.703. The maximum Gasteiger partial charge on any atom is 0.242 e. The quantitative estimate of drug-likeness (QED) is 0.683. The van der Waals surface area contributed by atoms with Crippen LogP contribution in [0.15, 0.2) is 6.20 Å². The monoisotopic (exact) mass is 168 g/mol. The minimum Gasteiger partial charge on any atom is -0.476 e. The highest BCUT2D eigenvalue weighted by Gasteiger charge is 2.02. The summed E-state index contributed by atoms with van der Waals surface area (Å²) in [6.45, 7) is 2.58. The van der Waals surface area contributed by atoms with Gasteiger partial charge in [-0.1, -0.05) is 6.92 Å². The van der Waals surface area contributed by atoms with Crippen molar-refractivity contribution >= 4 is 11.6 Å². The average molecular weight is 168 g/mol. The van der Waals surface area contributed by atoms with Gasteiger partial charge >= 0.3 is 0 Å². The third-order valence-electron chi connectivity index (χ3n) is 1.24. The fourth-order valence-electron chi connectivity index (χ4n) is 0.703. The van der Waals surface area contributed by atoms with E-state index >= 15 is 0 Å². The SMILES string of the molecule is CCCOc1nc(N)ncc1N. The van der Waals surface area contributed by atoms with Crippen molar-refractivity contribution in [2.75, 3.05) is 18.1 Å². The molecule has 0 aliphatic carbocycles. The van der Waals surface area contributed by atoms with Crippen LogP contribution in [0.2, 0.25) is 0 Å². The lowest BCUT2D eigenvalue weighted by atomic mass is 10.5. The Bertz CT molecular complexity index is 264. The van der Waals surface area contributed by atoms with Crippen molar-refractivity contribution in [3.05, 3.63) is 6.20 Å². The zero-order chi connectivity index (χ0) is 8.97. The molecule has 0 saturated heterocycles. The van der Waals surface area contributed by atoms with Gasteiger partial charge in [-0.3, -0.25) is 0 Å². The van der Waals surface area contributed by atoms with Gasteiger partial charge in [0.05, 0.1) is 12.8 Å². The van der Waals surface area contributed by atoms with Gasteiger partial charge < -0.3 is 16.2 Å². The lowest BCUT2D eigenvalue weighted by molar-refractivity contribution is 0.307. The smallest absolute Gasteiger partial charge is 0.242 e. The van der Waals surface area contributed by atoms with Crippen LogP contribution in [0.25, 0.3) is 0 Å². The Morgan fingerprint density at radius 3 is 2.92 bits per heavy atom. The molecule has 0 aliphatic heterocycles. The van der Waals surface area contributed by atoms with Crippen LogP contribution in [0.3, 0.4) is 0 Å². The largest absolute Gasteiger partial charge is 0.476 e. The van der Waals surface area contributed by atoms with Crippen LogP contribution in [0.4, 0.5) is 11.6 Å². The molecule has 0 spiro atoms. The molecule has 1 heterocycles. The van der Waals surface area contributed by atoms with E-state index in [1.54, 1.807) is 0 Å². The summed E-state index contributed by atoms with van der Waals surface area (Å²) >= 11 is 0. The normalized spacial score (nSPS) is 9.75. The Balaban J connectivity index is 2.75. The summed E-state index contributed by atoms with van der Waals surface area (Å²) < 4.78 is 5.21. The van der Waals surface area contributed by atoms with E-state index in [4.69, 9.17) is 16.2 Å². The summed E-state index contributed by atoms with van der Waals surface area (Å²) in [6, 6.07) is 0. The van der Waals surface area contributed by atoms with Crippen molar-refractivity contribution < 1.29 is 4.74 Å². The van der Waals surface area contributed by atoms with E-state index in [1.807, 2.05) is 6.92 Å². The first-order valence-electron chi connectivity index (χ1n) is 3.74. The van der Waals surface area contributed by atoms with Gasteiger partial charge in [-0.25, -0.2) is 4.98 Å². The number of anilines is 2. The predicted molar refractivity (Wildman–Crippen MR) is 46.6 cm³/mol. The molecule has 4 N–H and O–H groups in total. The summed E-state index contributed by atoms with van der Waals surface area (Å²) in [5, 5.41) is 0. The molecule has 1 rings (SSSR count). The number of nitrogens with two attached hydrogens (primary N) is 2. The molecular weight excluding hydrogens is 156 g/mol. The van der Waals surface area contributed by atoms with Gasteiger partial charge in [0.25, 0.3) is 0 Å². The van der Waals surface area contributed by atoms with E-state index in [-0.39, 0.29) is 5.95 Å². The van der Waals surface area contributed by atoms with E-state index in [2.05, 4.69) is 9.97 Å². The van der Waals surface area contributed by atoms with Crippen LogP contribution >= 0.6 is 0 Å². The van der Waals surface area contributed by atoms with Crippen LogP contribution < -0.4 is 16.2 Å². The standard InChI is InChI=1S/C7H12N4O/c1-2-3-12-6-5(8)4-10-7(9)11-6/h4H,2-3,8H2,1H3,(H2,9,10,11). The number of ether oxygens (including phenoxy) is 1. The maximum absolute atomic E-state index is 5.52. The molecule has 0 amide bonds. The van der Waals surface area contributed by atoms with Crippen molar-refractivity contribution in [1.29, 1.82) is 0 Å². The minimum absolute atomic E-state index is 0.176. The zero-order valence-electron chi connectivity index (χ0n) is 6.95. The van der Waals surface area contributed by atoms with Crippen molar-refractivity contribution in [2.24, 2.45) is 0 Å². The molecule has 0 saturated carbocycles. The van der Waals surface area contributed by atoms with Gasteiger partial charge in [0.15, 0.2) is 0 Å². The summed E-state index contributed by atoms with van der Waals surface area (Å²) in [7, 11) is 0. The highest BCUT2D eigenvalue weighted by atomic mass is 16.5. The molecule has 0 bridgehead atoms. The van der Waals surface area contributed by atoms with Crippen LogP contribution in [0.1, 0.15) is 13.3 Å². The van der Waals surface area contributed by atoms with E-state index in [0.717, 1.165) is 6.42 Å². The van der Waals surface area contributed by atoms with Crippen molar-refractivity contribution in [3.63, 3.8) is 0 Å². The number of nitrogens with zero attached hydrogens (tertiary/aromatic N) is 2. The number of rotatable bonds is 3. The molecular formula is C7H12N4O. The number of hydrogen-bond donors (Lipinski definition) is 2. The number of hydrogen-bond acceptors (Lipinski definition) is 5. The van der Waals surface area contributed by atoms with Gasteiger partial charge in [-0.15, -0.1) is 0 Å². The highest BCUT2D eigenvalue weighted by Crippen LogP contribution is 2.16. The molecule has 12 heavy (non-hydrogen) atoms. The fraction of sp³-hybridized carbons (Fsp3) is 0.429. The van der Waals surface area contributed by atoms with Crippen LogP contribution in [-0.2, 0) is 0 Å². The Kier molecular flexibility index (Phi) is 2.68. The molecule has 0 fully saturated rings. The van der Waals surface area contributed by atoms with Crippen LogP contribution in [-0.4, -0.2) is 16.6 Å². The molecule has 0 unspecified atom stereocenters. The lowest BCUT2D eigenvalue weighted by Gasteiger charge is -2.05. The summed E-state index contributed by atoms with van der Waals surface area (Å²) in [5.74, 6) is 0.541. The summed E-state index contributed by atoms with van der Waals surface area (Å²) in [5.41, 5.74) is 11.3. The molecule has 0 atom stereocenters. The molecule has 1 aromatic heterocycles. The Morgan fingerprint density at radius 2 is 2.25 bits per heavy atom. The van der Waals surface area contributed by atoms with Crippen LogP contribution in [0.5, 0.6) is 5.88 Å². The second kappa shape index (κ2) is 3.75. The topological polar surface area (TPSA) is 87.0 Å². The third-order valence-corrected chi connectivity index (χ3v) is 1.24. The van der Waals surface area contributed by atoms with Gasteiger partial charge in [-0.05, 0) is 6.42 Å². The van der Waals surface area contributed by atoms with Gasteiger partial charge in [0.2, 0.25) is 11.8 Å². The molecule has 0 aliphatic rings. The van der Waals surface area contributed by atoms with Crippen molar-refractivity contribution in [1.82, 2.24) is 9.97 Å². The lowest BCUT2D eigenvalue weighted by Crippen LogP contribution is -2.04. The Morgan fingerprint density at radius 1 is 1.50 bits per heavy atom. The van der Waals surface area contributed by atoms with E-state index in [9.17, 15) is 0 Å². The zero-order valence-corrected chi connectivity index (χ0v) is 6.95. The second-order valence-electron chi connectivity index (χ2n) is 2.34. The Labute approximate surface area is 70.8 Å². The van der Waals surface area contributed by atoms with E-state index in [0.29, 0.717) is 18.2 Å². The van der Waals surface area contributed by atoms with E-state index in [1.165, 1.54) is 6.20 Å². The molecule has 66 valence electrons. The summed E-state index contributed by atoms with van der Waals surface area (Å²) in [4.78, 5) is 7.54. The molecule has 0 aromatic carbocycles. The Hall–Kier alpha value is -1.52. The first kappa shape index (κ1) is 8.58. The van der Waals surface area contributed by atoms with Gasteiger partial charge in [0, 0.05) is 0 Å². The van der Waals surface area contributed by atoms with Crippen LogP contribution in [0, 0.1) is 0 Å². The maximum atomic E-state index is 5.52. The molecule has 5 heteroatoms. The number of aromatic nitrogens is 2. The predicted octanol–water partition coefficient (Wildman–Crippen LogP) is 0.430. The molecule has 5 nitrogen and oxygen atoms in total. The van der Waals surface area contributed by atoms with Crippen molar-refractivity contribution in [3.8, 4) is 5.88 Å². The molecule has 1 aromatic rings. The van der Waals surface area contributed by atoms with Crippen molar-refractivity contribution in [2.45, 2.75) is 13.3 Å². The summed E-state index contributed by atoms with van der Waals surface area (Å²) in [6.07, 6.45) is 2.34. The highest BCUT2D eigenvalue weighted by molar-refractivity contribution is 5.47. The molecule has 0 radical (unpaired) electrons. The van der Waals surface area contributed by atoms with Gasteiger partial charge in [-0.2, -0.15) is 4.98 Å². The minimum atomic E-state index is 0.176. The second-order valence-corrected chi connectivity index (χ2v) is 2.34. The van der Waals surface area contributed by atoms with Gasteiger partial charge in [0.1, 0.15) is 5.69 Å². The number of nitrogen functional groups attached to an aromatic ring is 2. The first-order chi connectivity index (χ1) is 5.74. The van der Waals surface area contributed by atoms with E-state index < -0.39 is 0 Å². The average Bonchev–Trinajstić information content (AvgIpc) is 2.07.